The molecule has 0 saturated carbocycles. The van der Waals surface area contributed by atoms with Crippen LogP contribution in [0.3, 0.4) is 0 Å². The molecule has 0 aliphatic heterocycles. The highest BCUT2D eigenvalue weighted by atomic mass is 16.6. The van der Waals surface area contributed by atoms with Crippen molar-refractivity contribution in [1.82, 2.24) is 10.3 Å². The highest BCUT2D eigenvalue weighted by molar-refractivity contribution is 5.80. The molecule has 0 fully saturated rings. The molecule has 7 heteroatoms. The molecule has 0 bridgehead atoms. The number of nitro groups is 1. The van der Waals surface area contributed by atoms with E-state index in [1.807, 2.05) is 13.8 Å². The van der Waals surface area contributed by atoms with E-state index >= 15 is 0 Å². The molecule has 0 radical (unpaired) electrons. The van der Waals surface area contributed by atoms with Crippen LogP contribution in [0.2, 0.25) is 0 Å². The summed E-state index contributed by atoms with van der Waals surface area (Å²) in [5, 5.41) is 13.6. The Kier molecular flexibility index (Phi) is 5.42. The van der Waals surface area contributed by atoms with Crippen LogP contribution in [0.15, 0.2) is 12.1 Å². The molecule has 0 unspecified atom stereocenters. The summed E-state index contributed by atoms with van der Waals surface area (Å²) in [5.74, 6) is -0.378. The lowest BCUT2D eigenvalue weighted by Crippen LogP contribution is -2.38. The molecular formula is C13H19N3O4. The molecule has 1 heterocycles. The fourth-order valence-electron chi connectivity index (χ4n) is 1.45. The van der Waals surface area contributed by atoms with Crippen molar-refractivity contribution in [1.29, 1.82) is 0 Å². The third-order valence-corrected chi connectivity index (χ3v) is 2.51. The first kappa shape index (κ1) is 15.9. The van der Waals surface area contributed by atoms with Gasteiger partial charge in [-0.15, -0.1) is 0 Å². The zero-order chi connectivity index (χ0) is 15.3. The van der Waals surface area contributed by atoms with Gasteiger partial charge in [-0.2, -0.15) is 0 Å². The molecule has 1 rings (SSSR count). The standard InChI is InChI=1S/C13H19N3O4/c1-8(2)7-14-13(17)10(4)20-11-6-5-9(3)15-12(11)16(18)19/h5-6,8,10H,7H2,1-4H3,(H,14,17)/t10-/m0/s1. The number of nitrogens with one attached hydrogen (secondary N) is 1. The fourth-order valence-corrected chi connectivity index (χ4v) is 1.45. The topological polar surface area (TPSA) is 94.4 Å². The van der Waals surface area contributed by atoms with Gasteiger partial charge in [-0.1, -0.05) is 13.8 Å². The van der Waals surface area contributed by atoms with E-state index in [-0.39, 0.29) is 17.5 Å². The van der Waals surface area contributed by atoms with Crippen LogP contribution in [0, 0.1) is 23.0 Å². The molecule has 110 valence electrons. The highest BCUT2D eigenvalue weighted by Gasteiger charge is 2.22. The van der Waals surface area contributed by atoms with Gasteiger partial charge in [-0.3, -0.25) is 4.79 Å². The maximum absolute atomic E-state index is 11.8. The van der Waals surface area contributed by atoms with Crippen LogP contribution >= 0.6 is 0 Å². The minimum absolute atomic E-state index is 0.00667. The number of amides is 1. The zero-order valence-electron chi connectivity index (χ0n) is 12.0. The van der Waals surface area contributed by atoms with Crippen molar-refractivity contribution < 1.29 is 14.5 Å². The Morgan fingerprint density at radius 3 is 2.65 bits per heavy atom. The van der Waals surface area contributed by atoms with Crippen LogP contribution in [-0.2, 0) is 4.79 Å². The first-order chi connectivity index (χ1) is 9.31. The lowest BCUT2D eigenvalue weighted by atomic mass is 10.2. The number of pyridine rings is 1. The molecule has 1 aromatic heterocycles. The number of carbonyl (C=O) groups excluding carboxylic acids is 1. The molecule has 0 aromatic carbocycles. The van der Waals surface area contributed by atoms with Crippen molar-refractivity contribution in [3.05, 3.63) is 27.9 Å². The molecule has 1 amide bonds. The second kappa shape index (κ2) is 6.83. The third-order valence-electron chi connectivity index (χ3n) is 2.51. The lowest BCUT2D eigenvalue weighted by molar-refractivity contribution is -0.390. The number of aryl methyl sites for hydroxylation is 1. The molecule has 1 atom stereocenters. The predicted molar refractivity (Wildman–Crippen MR) is 73.6 cm³/mol. The first-order valence-corrected chi connectivity index (χ1v) is 6.37. The minimum Gasteiger partial charge on any atom is -0.473 e. The summed E-state index contributed by atoms with van der Waals surface area (Å²) in [6, 6.07) is 3.05. The Morgan fingerprint density at radius 2 is 2.10 bits per heavy atom. The number of rotatable bonds is 6. The quantitative estimate of drug-likeness (QED) is 0.634. The van der Waals surface area contributed by atoms with Crippen molar-refractivity contribution in [3.8, 4) is 5.75 Å². The largest absolute Gasteiger partial charge is 0.473 e. The maximum atomic E-state index is 11.8. The van der Waals surface area contributed by atoms with Gasteiger partial charge in [0.05, 0.1) is 0 Å². The molecule has 1 N–H and O–H groups in total. The average Bonchev–Trinajstić information content (AvgIpc) is 2.37. The van der Waals surface area contributed by atoms with Crippen molar-refractivity contribution in [3.63, 3.8) is 0 Å². The second-order valence-corrected chi connectivity index (χ2v) is 4.93. The molecule has 0 aliphatic carbocycles. The Balaban J connectivity index is 2.77. The zero-order valence-corrected chi connectivity index (χ0v) is 12.0. The molecular weight excluding hydrogens is 262 g/mol. The smallest absolute Gasteiger partial charge is 0.406 e. The van der Waals surface area contributed by atoms with Crippen LogP contribution in [0.5, 0.6) is 5.75 Å². The van der Waals surface area contributed by atoms with Gasteiger partial charge in [0.25, 0.3) is 5.91 Å². The highest BCUT2D eigenvalue weighted by Crippen LogP contribution is 2.25. The van der Waals surface area contributed by atoms with E-state index in [9.17, 15) is 14.9 Å². The fraction of sp³-hybridized carbons (Fsp3) is 0.538. The number of carbonyl (C=O) groups is 1. The maximum Gasteiger partial charge on any atom is 0.406 e. The summed E-state index contributed by atoms with van der Waals surface area (Å²) >= 11 is 0. The molecule has 1 aromatic rings. The Hall–Kier alpha value is -2.18. The lowest BCUT2D eigenvalue weighted by Gasteiger charge is -2.15. The number of hydrogen-bond donors (Lipinski definition) is 1. The molecule has 0 aliphatic rings. The summed E-state index contributed by atoms with van der Waals surface area (Å²) in [7, 11) is 0. The average molecular weight is 281 g/mol. The number of aromatic nitrogens is 1. The van der Waals surface area contributed by atoms with Crippen molar-refractivity contribution >= 4 is 11.7 Å². The van der Waals surface area contributed by atoms with Gasteiger partial charge in [-0.25, -0.2) is 0 Å². The summed E-state index contributed by atoms with van der Waals surface area (Å²) < 4.78 is 5.34. The number of ether oxygens (including phenoxy) is 1. The van der Waals surface area contributed by atoms with Crippen molar-refractivity contribution in [2.24, 2.45) is 5.92 Å². The van der Waals surface area contributed by atoms with Crippen LogP contribution in [-0.4, -0.2) is 28.5 Å². The van der Waals surface area contributed by atoms with Gasteiger partial charge in [0.15, 0.2) is 6.10 Å². The monoisotopic (exact) mass is 281 g/mol. The number of hydrogen-bond acceptors (Lipinski definition) is 5. The van der Waals surface area contributed by atoms with Gasteiger partial charge >= 0.3 is 5.82 Å². The van der Waals surface area contributed by atoms with Crippen LogP contribution in [0.25, 0.3) is 0 Å². The Bertz CT molecular complexity index is 502. The number of nitrogens with zero attached hydrogens (tertiary/aromatic N) is 2. The molecule has 0 saturated heterocycles. The van der Waals surface area contributed by atoms with Crippen molar-refractivity contribution in [2.75, 3.05) is 6.54 Å². The van der Waals surface area contributed by atoms with Gasteiger partial charge in [0.2, 0.25) is 5.75 Å². The van der Waals surface area contributed by atoms with Gasteiger partial charge in [0, 0.05) is 13.5 Å². The van der Waals surface area contributed by atoms with Crippen molar-refractivity contribution in [2.45, 2.75) is 33.8 Å². The Labute approximate surface area is 117 Å². The second-order valence-electron chi connectivity index (χ2n) is 4.93. The third kappa shape index (κ3) is 4.49. The van der Waals surface area contributed by atoms with E-state index in [1.54, 1.807) is 19.9 Å². The first-order valence-electron chi connectivity index (χ1n) is 6.37. The summed E-state index contributed by atoms with van der Waals surface area (Å²) in [4.78, 5) is 25.9. The Morgan fingerprint density at radius 1 is 1.45 bits per heavy atom. The van der Waals surface area contributed by atoms with E-state index in [0.29, 0.717) is 18.2 Å². The van der Waals surface area contributed by atoms with E-state index < -0.39 is 11.0 Å². The SMILES string of the molecule is Cc1ccc(O[C@@H](C)C(=O)NCC(C)C)c([N+](=O)[O-])n1. The summed E-state index contributed by atoms with van der Waals surface area (Å²) in [6.45, 7) is 7.66. The molecule has 20 heavy (non-hydrogen) atoms. The molecule has 7 nitrogen and oxygen atoms in total. The van der Waals surface area contributed by atoms with E-state index in [4.69, 9.17) is 4.74 Å². The summed E-state index contributed by atoms with van der Waals surface area (Å²) in [5.41, 5.74) is 0.515. The van der Waals surface area contributed by atoms with Gasteiger partial charge in [0.1, 0.15) is 5.69 Å². The summed E-state index contributed by atoms with van der Waals surface area (Å²) in [6.07, 6.45) is -0.822. The van der Waals surface area contributed by atoms with E-state index in [1.165, 1.54) is 6.07 Å². The minimum atomic E-state index is -0.822. The van der Waals surface area contributed by atoms with Crippen LogP contribution < -0.4 is 10.1 Å². The molecule has 0 spiro atoms. The normalized spacial score (nSPS) is 12.1. The predicted octanol–water partition coefficient (Wildman–Crippen LogP) is 1.84. The van der Waals surface area contributed by atoms with E-state index in [2.05, 4.69) is 10.3 Å². The van der Waals surface area contributed by atoms with Crippen LogP contribution in [0.1, 0.15) is 26.5 Å². The van der Waals surface area contributed by atoms with Gasteiger partial charge < -0.3 is 20.2 Å². The van der Waals surface area contributed by atoms with Gasteiger partial charge in [-0.05, 0) is 34.9 Å². The van der Waals surface area contributed by atoms with Crippen LogP contribution in [0.4, 0.5) is 5.82 Å². The van der Waals surface area contributed by atoms with E-state index in [0.717, 1.165) is 0 Å².